The molecule has 0 bridgehead atoms. The van der Waals surface area contributed by atoms with Crippen molar-refractivity contribution in [1.82, 2.24) is 19.6 Å². The third-order valence-electron chi connectivity index (χ3n) is 3.02. The molecule has 7 heteroatoms. The van der Waals surface area contributed by atoms with Crippen molar-refractivity contribution in [2.45, 2.75) is 26.7 Å². The first-order chi connectivity index (χ1) is 9.17. The molecule has 19 heavy (non-hydrogen) atoms. The highest BCUT2D eigenvalue weighted by Crippen LogP contribution is 2.14. The molecule has 104 valence electrons. The lowest BCUT2D eigenvalue weighted by Gasteiger charge is -2.23. The molecule has 0 unspecified atom stereocenters. The lowest BCUT2D eigenvalue weighted by atomic mass is 10.3. The number of aryl methyl sites for hydroxylation is 1. The second-order valence-corrected chi connectivity index (χ2v) is 5.21. The number of halogens is 1. The number of fused-ring (bicyclic) bond motifs is 1. The highest BCUT2D eigenvalue weighted by atomic mass is 79.9. The van der Waals surface area contributed by atoms with Gasteiger partial charge in [0.1, 0.15) is 11.6 Å². The number of hydrogen-bond acceptors (Lipinski definition) is 4. The maximum atomic E-state index is 11.6. The molecule has 0 atom stereocenters. The fourth-order valence-electron chi connectivity index (χ4n) is 2.04. The van der Waals surface area contributed by atoms with E-state index in [0.29, 0.717) is 11.5 Å². The summed E-state index contributed by atoms with van der Waals surface area (Å²) in [5.74, 6) is 1.53. The zero-order valence-corrected chi connectivity index (χ0v) is 12.8. The molecule has 6 nitrogen and oxygen atoms in total. The zero-order chi connectivity index (χ0) is 13.8. The topological polar surface area (TPSA) is 66.3 Å². The number of alkyl halides is 1. The fourth-order valence-corrected chi connectivity index (χ4v) is 2.46. The van der Waals surface area contributed by atoms with E-state index in [4.69, 9.17) is 0 Å². The molecule has 2 aromatic rings. The van der Waals surface area contributed by atoms with E-state index in [-0.39, 0.29) is 5.69 Å². The van der Waals surface area contributed by atoms with Crippen LogP contribution < -0.4 is 10.6 Å². The molecule has 1 N–H and O–H groups in total. The van der Waals surface area contributed by atoms with Crippen LogP contribution in [0.3, 0.4) is 0 Å². The van der Waals surface area contributed by atoms with Gasteiger partial charge in [0.25, 0.3) is 0 Å². The molecule has 0 aliphatic rings. The van der Waals surface area contributed by atoms with Crippen LogP contribution in [0.5, 0.6) is 0 Å². The molecule has 0 amide bonds. The van der Waals surface area contributed by atoms with E-state index in [9.17, 15) is 4.79 Å². The third kappa shape index (κ3) is 2.97. The van der Waals surface area contributed by atoms with Gasteiger partial charge in [0.2, 0.25) is 0 Å². The summed E-state index contributed by atoms with van der Waals surface area (Å²) < 4.78 is 1.48. The monoisotopic (exact) mass is 327 g/mol. The summed E-state index contributed by atoms with van der Waals surface area (Å²) in [5.41, 5.74) is 0.371. The first-order valence-electron chi connectivity index (χ1n) is 6.43. The number of unbranched alkanes of at least 4 members (excludes halogenated alkanes) is 1. The average Bonchev–Trinajstić information content (AvgIpc) is 2.76. The second kappa shape index (κ2) is 6.18. The van der Waals surface area contributed by atoms with E-state index in [1.165, 1.54) is 4.40 Å². The van der Waals surface area contributed by atoms with Crippen LogP contribution in [0.1, 0.15) is 25.6 Å². The summed E-state index contributed by atoms with van der Waals surface area (Å²) in [4.78, 5) is 18.3. The minimum Gasteiger partial charge on any atom is -0.356 e. The molecule has 2 rings (SSSR count). The van der Waals surface area contributed by atoms with Gasteiger partial charge in [-0.2, -0.15) is 5.10 Å². The molecule has 0 saturated heterocycles. The largest absolute Gasteiger partial charge is 0.356 e. The molecule has 0 spiro atoms. The molecule has 2 aromatic heterocycles. The Morgan fingerprint density at radius 2 is 2.26 bits per heavy atom. The van der Waals surface area contributed by atoms with E-state index in [1.807, 2.05) is 13.0 Å². The molecule has 0 aromatic carbocycles. The van der Waals surface area contributed by atoms with E-state index in [0.717, 1.165) is 37.1 Å². The number of nitrogens with one attached hydrogen (secondary N) is 1. The van der Waals surface area contributed by atoms with Crippen molar-refractivity contribution in [3.05, 3.63) is 22.4 Å². The lowest BCUT2D eigenvalue weighted by Crippen LogP contribution is -2.28. The van der Waals surface area contributed by atoms with Crippen LogP contribution in [0.2, 0.25) is 0 Å². The summed E-state index contributed by atoms with van der Waals surface area (Å²) in [6.07, 6.45) is 2.26. The normalized spacial score (nSPS) is 11.1. The van der Waals surface area contributed by atoms with Crippen LogP contribution in [-0.4, -0.2) is 38.0 Å². The number of H-pyrrole nitrogens is 1. The molecule has 0 fully saturated rings. The number of rotatable bonds is 6. The van der Waals surface area contributed by atoms with E-state index >= 15 is 0 Å². The Balaban J connectivity index is 2.39. The van der Waals surface area contributed by atoms with Gasteiger partial charge in [-0.3, -0.25) is 0 Å². The van der Waals surface area contributed by atoms with Gasteiger partial charge in [0.05, 0.1) is 0 Å². The van der Waals surface area contributed by atoms with Crippen molar-refractivity contribution in [3.8, 4) is 0 Å². The number of anilines is 1. The van der Waals surface area contributed by atoms with Gasteiger partial charge in [-0.1, -0.05) is 29.3 Å². The molecule has 0 aliphatic carbocycles. The standard InChI is InChI=1S/C12H18BrN5O/c1-3-4-6-17(7-5-13)10-8-11-15-16-12(19)18(11)9(2)14-10/h8H,3-7H2,1-2H3,(H,16,19). The van der Waals surface area contributed by atoms with Gasteiger partial charge in [-0.25, -0.2) is 19.3 Å². The zero-order valence-electron chi connectivity index (χ0n) is 11.2. The van der Waals surface area contributed by atoms with Crippen LogP contribution in [0.4, 0.5) is 5.82 Å². The van der Waals surface area contributed by atoms with Crippen molar-refractivity contribution in [1.29, 1.82) is 0 Å². The summed E-state index contributed by atoms with van der Waals surface area (Å²) >= 11 is 3.47. The Hall–Kier alpha value is -1.37. The van der Waals surface area contributed by atoms with Crippen molar-refractivity contribution in [2.24, 2.45) is 0 Å². The predicted octanol–water partition coefficient (Wildman–Crippen LogP) is 1.73. The van der Waals surface area contributed by atoms with Gasteiger partial charge < -0.3 is 4.90 Å². The Labute approximate surface area is 120 Å². The van der Waals surface area contributed by atoms with Crippen molar-refractivity contribution < 1.29 is 0 Å². The van der Waals surface area contributed by atoms with Gasteiger partial charge in [0, 0.05) is 24.5 Å². The van der Waals surface area contributed by atoms with Gasteiger partial charge in [-0.05, 0) is 13.3 Å². The highest BCUT2D eigenvalue weighted by molar-refractivity contribution is 9.09. The summed E-state index contributed by atoms with van der Waals surface area (Å²) in [7, 11) is 0. The Morgan fingerprint density at radius 3 is 2.95 bits per heavy atom. The van der Waals surface area contributed by atoms with Gasteiger partial charge >= 0.3 is 5.69 Å². The fraction of sp³-hybridized carbons (Fsp3) is 0.583. The minimum atomic E-state index is -0.243. The first-order valence-corrected chi connectivity index (χ1v) is 7.55. The van der Waals surface area contributed by atoms with Crippen molar-refractivity contribution >= 4 is 27.4 Å². The van der Waals surface area contributed by atoms with Gasteiger partial charge in [-0.15, -0.1) is 0 Å². The summed E-state index contributed by atoms with van der Waals surface area (Å²) in [6.45, 7) is 5.83. The first kappa shape index (κ1) is 14.0. The molecule has 0 saturated carbocycles. The SMILES string of the molecule is CCCCN(CCBr)c1cc2n[nH]c(=O)n2c(C)n1. The van der Waals surface area contributed by atoms with Crippen molar-refractivity contribution in [3.63, 3.8) is 0 Å². The smallest absolute Gasteiger partial charge is 0.349 e. The van der Waals surface area contributed by atoms with Gasteiger partial charge in [0.15, 0.2) is 5.65 Å². The number of hydrogen-bond donors (Lipinski definition) is 1. The number of aromatic amines is 1. The van der Waals surface area contributed by atoms with Crippen LogP contribution in [0.15, 0.2) is 10.9 Å². The number of aromatic nitrogens is 4. The Bertz CT molecular complexity index is 606. The molecular formula is C12H18BrN5O. The van der Waals surface area contributed by atoms with Crippen molar-refractivity contribution in [2.75, 3.05) is 23.3 Å². The highest BCUT2D eigenvalue weighted by Gasteiger charge is 2.12. The molecule has 0 radical (unpaired) electrons. The summed E-state index contributed by atoms with van der Waals surface area (Å²) in [5, 5.41) is 7.34. The lowest BCUT2D eigenvalue weighted by molar-refractivity contribution is 0.723. The Morgan fingerprint density at radius 1 is 1.47 bits per heavy atom. The van der Waals surface area contributed by atoms with Crippen LogP contribution >= 0.6 is 15.9 Å². The van der Waals surface area contributed by atoms with E-state index < -0.39 is 0 Å². The molecule has 2 heterocycles. The quantitative estimate of drug-likeness (QED) is 0.820. The maximum absolute atomic E-state index is 11.6. The maximum Gasteiger partial charge on any atom is 0.349 e. The predicted molar refractivity (Wildman–Crippen MR) is 79.3 cm³/mol. The third-order valence-corrected chi connectivity index (χ3v) is 3.37. The molecule has 0 aliphatic heterocycles. The summed E-state index contributed by atoms with van der Waals surface area (Å²) in [6, 6.07) is 1.85. The average molecular weight is 328 g/mol. The van der Waals surface area contributed by atoms with Crippen LogP contribution in [-0.2, 0) is 0 Å². The van der Waals surface area contributed by atoms with Crippen LogP contribution in [0.25, 0.3) is 5.65 Å². The second-order valence-electron chi connectivity index (χ2n) is 4.41. The van der Waals surface area contributed by atoms with E-state index in [1.54, 1.807) is 0 Å². The number of nitrogens with zero attached hydrogens (tertiary/aromatic N) is 4. The van der Waals surface area contributed by atoms with E-state index in [2.05, 4.69) is 42.9 Å². The Kier molecular flexibility index (Phi) is 4.57. The molecular weight excluding hydrogens is 310 g/mol. The minimum absolute atomic E-state index is 0.243. The van der Waals surface area contributed by atoms with Crippen LogP contribution in [0, 0.1) is 6.92 Å².